The second-order valence-corrected chi connectivity index (χ2v) is 8.43. The summed E-state index contributed by atoms with van der Waals surface area (Å²) in [7, 11) is 0. The van der Waals surface area contributed by atoms with Crippen LogP contribution in [0.2, 0.25) is 0 Å². The highest BCUT2D eigenvalue weighted by Gasteiger charge is 2.08. The number of allylic oxidation sites excluding steroid dienone is 2. The van der Waals surface area contributed by atoms with E-state index in [1.807, 2.05) is 0 Å². The predicted molar refractivity (Wildman–Crippen MR) is 117 cm³/mol. The summed E-state index contributed by atoms with van der Waals surface area (Å²) >= 11 is 0. The molecule has 1 amide bonds. The molecule has 0 aromatic rings. The Kier molecular flexibility index (Phi) is 18.4. The zero-order valence-electron chi connectivity index (χ0n) is 18.3. The van der Waals surface area contributed by atoms with Crippen LogP contribution >= 0.6 is 0 Å². The van der Waals surface area contributed by atoms with E-state index in [1.54, 1.807) is 0 Å². The standard InChI is InChI=1S/C24H47NO/c1-5-6-7-8-9-10-11-12-13-14-15-16-17-18-19-20-24(26)25-23(4)21-22(2)3/h12-13,22-23H,5-11,14-21H2,1-4H3,(H,25,26)/t23-/m0/s1. The molecule has 0 saturated heterocycles. The first-order valence-electron chi connectivity index (χ1n) is 11.5. The predicted octanol–water partition coefficient (Wildman–Crippen LogP) is 7.57. The molecule has 26 heavy (non-hydrogen) atoms. The van der Waals surface area contributed by atoms with E-state index in [9.17, 15) is 4.79 Å². The third-order valence-electron chi connectivity index (χ3n) is 4.90. The number of rotatable bonds is 18. The lowest BCUT2D eigenvalue weighted by Gasteiger charge is -2.15. The van der Waals surface area contributed by atoms with E-state index in [4.69, 9.17) is 0 Å². The van der Waals surface area contributed by atoms with Crippen LogP contribution < -0.4 is 5.32 Å². The highest BCUT2D eigenvalue weighted by molar-refractivity contribution is 5.76. The first kappa shape index (κ1) is 25.2. The molecule has 0 heterocycles. The summed E-state index contributed by atoms with van der Waals surface area (Å²) in [6.07, 6.45) is 23.4. The molecule has 0 radical (unpaired) electrons. The Balaban J connectivity index is 3.30. The lowest BCUT2D eigenvalue weighted by molar-refractivity contribution is -0.121. The van der Waals surface area contributed by atoms with Crippen molar-refractivity contribution in [2.75, 3.05) is 0 Å². The van der Waals surface area contributed by atoms with Gasteiger partial charge in [-0.15, -0.1) is 0 Å². The van der Waals surface area contributed by atoms with E-state index in [-0.39, 0.29) is 5.91 Å². The van der Waals surface area contributed by atoms with Gasteiger partial charge in [0.05, 0.1) is 0 Å². The summed E-state index contributed by atoms with van der Waals surface area (Å²) in [6, 6.07) is 0.311. The molecule has 154 valence electrons. The van der Waals surface area contributed by atoms with Crippen molar-refractivity contribution in [3.63, 3.8) is 0 Å². The summed E-state index contributed by atoms with van der Waals surface area (Å²) in [6.45, 7) is 8.78. The number of nitrogens with one attached hydrogen (secondary N) is 1. The first-order valence-corrected chi connectivity index (χ1v) is 11.5. The molecule has 1 atom stereocenters. The van der Waals surface area contributed by atoms with Gasteiger partial charge < -0.3 is 5.32 Å². The molecule has 0 unspecified atom stereocenters. The maximum Gasteiger partial charge on any atom is 0.220 e. The van der Waals surface area contributed by atoms with Crippen molar-refractivity contribution in [3.05, 3.63) is 12.2 Å². The molecule has 2 heteroatoms. The van der Waals surface area contributed by atoms with Crippen LogP contribution in [0.1, 0.15) is 124 Å². The fourth-order valence-corrected chi connectivity index (χ4v) is 3.47. The van der Waals surface area contributed by atoms with Crippen LogP contribution in [0.3, 0.4) is 0 Å². The normalized spacial score (nSPS) is 12.8. The molecule has 0 aliphatic rings. The van der Waals surface area contributed by atoms with Gasteiger partial charge in [-0.3, -0.25) is 4.79 Å². The van der Waals surface area contributed by atoms with Gasteiger partial charge >= 0.3 is 0 Å². The Labute approximate surface area is 164 Å². The van der Waals surface area contributed by atoms with E-state index in [0.29, 0.717) is 18.4 Å². The van der Waals surface area contributed by atoms with Gasteiger partial charge in [0.2, 0.25) is 5.91 Å². The van der Waals surface area contributed by atoms with Gasteiger partial charge in [0, 0.05) is 12.5 Å². The molecule has 2 nitrogen and oxygen atoms in total. The van der Waals surface area contributed by atoms with Crippen molar-refractivity contribution < 1.29 is 4.79 Å². The summed E-state index contributed by atoms with van der Waals surface area (Å²) in [4.78, 5) is 11.8. The van der Waals surface area contributed by atoms with Crippen molar-refractivity contribution >= 4 is 5.91 Å². The number of hydrogen-bond acceptors (Lipinski definition) is 1. The Hall–Kier alpha value is -0.790. The number of unbranched alkanes of at least 4 members (excludes halogenated alkanes) is 11. The Morgan fingerprint density at radius 2 is 1.27 bits per heavy atom. The highest BCUT2D eigenvalue weighted by Crippen LogP contribution is 2.10. The van der Waals surface area contributed by atoms with E-state index in [1.165, 1.54) is 77.0 Å². The molecule has 0 aromatic heterocycles. The van der Waals surface area contributed by atoms with E-state index in [0.717, 1.165) is 12.8 Å². The fraction of sp³-hybridized carbons (Fsp3) is 0.875. The monoisotopic (exact) mass is 365 g/mol. The van der Waals surface area contributed by atoms with Gasteiger partial charge in [0.25, 0.3) is 0 Å². The second-order valence-electron chi connectivity index (χ2n) is 8.43. The zero-order chi connectivity index (χ0) is 19.5. The minimum Gasteiger partial charge on any atom is -0.354 e. The van der Waals surface area contributed by atoms with Crippen molar-refractivity contribution in [2.45, 2.75) is 130 Å². The van der Waals surface area contributed by atoms with Crippen molar-refractivity contribution in [1.29, 1.82) is 0 Å². The number of carbonyl (C=O) groups is 1. The van der Waals surface area contributed by atoms with Crippen LogP contribution in [-0.2, 0) is 4.79 Å². The minimum absolute atomic E-state index is 0.232. The third-order valence-corrected chi connectivity index (χ3v) is 4.90. The summed E-state index contributed by atoms with van der Waals surface area (Å²) in [5.41, 5.74) is 0. The van der Waals surface area contributed by atoms with Crippen molar-refractivity contribution in [3.8, 4) is 0 Å². The van der Waals surface area contributed by atoms with Crippen LogP contribution in [0.5, 0.6) is 0 Å². The average Bonchev–Trinajstić information content (AvgIpc) is 2.57. The highest BCUT2D eigenvalue weighted by atomic mass is 16.1. The average molecular weight is 366 g/mol. The molecule has 0 rings (SSSR count). The van der Waals surface area contributed by atoms with Crippen molar-refractivity contribution in [2.24, 2.45) is 5.92 Å². The van der Waals surface area contributed by atoms with Gasteiger partial charge in [-0.25, -0.2) is 0 Å². The topological polar surface area (TPSA) is 29.1 Å². The second kappa shape index (κ2) is 19.0. The molecule has 0 aliphatic carbocycles. The molecule has 0 bridgehead atoms. The van der Waals surface area contributed by atoms with Gasteiger partial charge in [-0.05, 0) is 51.4 Å². The van der Waals surface area contributed by atoms with Gasteiger partial charge in [-0.1, -0.05) is 84.3 Å². The van der Waals surface area contributed by atoms with Crippen LogP contribution in [0, 0.1) is 5.92 Å². The zero-order valence-corrected chi connectivity index (χ0v) is 18.3. The molecule has 0 fully saturated rings. The molecular formula is C24H47NO. The fourth-order valence-electron chi connectivity index (χ4n) is 3.47. The molecular weight excluding hydrogens is 318 g/mol. The van der Waals surface area contributed by atoms with Crippen LogP contribution in [0.25, 0.3) is 0 Å². The van der Waals surface area contributed by atoms with Crippen LogP contribution in [0.15, 0.2) is 12.2 Å². The van der Waals surface area contributed by atoms with Gasteiger partial charge in [0.15, 0.2) is 0 Å². The minimum atomic E-state index is 0.232. The van der Waals surface area contributed by atoms with Crippen LogP contribution in [-0.4, -0.2) is 11.9 Å². The largest absolute Gasteiger partial charge is 0.354 e. The molecule has 0 aromatic carbocycles. The van der Waals surface area contributed by atoms with Crippen LogP contribution in [0.4, 0.5) is 0 Å². The van der Waals surface area contributed by atoms with Gasteiger partial charge in [0.1, 0.15) is 0 Å². The molecule has 1 N–H and O–H groups in total. The smallest absolute Gasteiger partial charge is 0.220 e. The maximum absolute atomic E-state index is 11.8. The van der Waals surface area contributed by atoms with Gasteiger partial charge in [-0.2, -0.15) is 0 Å². The summed E-state index contributed by atoms with van der Waals surface area (Å²) < 4.78 is 0. The quantitative estimate of drug-likeness (QED) is 0.197. The Bertz CT molecular complexity index is 335. The first-order chi connectivity index (χ1) is 12.6. The third kappa shape index (κ3) is 19.5. The SMILES string of the molecule is CCCCCCCCC=CCCCCCCCC(=O)N[C@@H](C)CC(C)C. The summed E-state index contributed by atoms with van der Waals surface area (Å²) in [5, 5.41) is 3.11. The van der Waals surface area contributed by atoms with Crippen molar-refractivity contribution in [1.82, 2.24) is 5.32 Å². The molecule has 0 spiro atoms. The lowest BCUT2D eigenvalue weighted by Crippen LogP contribution is -2.33. The maximum atomic E-state index is 11.8. The molecule has 0 saturated carbocycles. The number of carbonyl (C=O) groups excluding carboxylic acids is 1. The Morgan fingerprint density at radius 3 is 1.81 bits per heavy atom. The number of hydrogen-bond donors (Lipinski definition) is 1. The lowest BCUT2D eigenvalue weighted by atomic mass is 10.0. The van der Waals surface area contributed by atoms with E-state index < -0.39 is 0 Å². The van der Waals surface area contributed by atoms with E-state index in [2.05, 4.69) is 45.2 Å². The number of amides is 1. The Morgan fingerprint density at radius 1 is 0.769 bits per heavy atom. The molecule has 0 aliphatic heterocycles. The summed E-state index contributed by atoms with van der Waals surface area (Å²) in [5.74, 6) is 0.876. The van der Waals surface area contributed by atoms with E-state index >= 15 is 0 Å².